The molecule has 3 aromatic heterocycles. The molecule has 22 heavy (non-hydrogen) atoms. The van der Waals surface area contributed by atoms with E-state index in [1.807, 2.05) is 48.6 Å². The third-order valence-corrected chi connectivity index (χ3v) is 3.98. The zero-order valence-corrected chi connectivity index (χ0v) is 12.3. The van der Waals surface area contributed by atoms with Crippen LogP contribution in [0.15, 0.2) is 54.7 Å². The first-order chi connectivity index (χ1) is 10.9. The molecule has 0 bridgehead atoms. The number of fused-ring (bicyclic) bond motifs is 1. The summed E-state index contributed by atoms with van der Waals surface area (Å²) >= 11 is 1.50. The predicted molar refractivity (Wildman–Crippen MR) is 87.3 cm³/mol. The van der Waals surface area contributed by atoms with Gasteiger partial charge in [-0.05, 0) is 23.8 Å². The van der Waals surface area contributed by atoms with Crippen molar-refractivity contribution in [1.82, 2.24) is 24.8 Å². The van der Waals surface area contributed by atoms with Crippen LogP contribution < -0.4 is 0 Å². The van der Waals surface area contributed by atoms with Gasteiger partial charge in [-0.25, -0.2) is 0 Å². The van der Waals surface area contributed by atoms with Gasteiger partial charge in [-0.15, -0.1) is 10.2 Å². The van der Waals surface area contributed by atoms with Crippen molar-refractivity contribution < 1.29 is 0 Å². The second-order valence-electron chi connectivity index (χ2n) is 4.62. The summed E-state index contributed by atoms with van der Waals surface area (Å²) in [7, 11) is 0. The molecule has 3 heterocycles. The zero-order chi connectivity index (χ0) is 14.8. The van der Waals surface area contributed by atoms with Crippen molar-refractivity contribution in [1.29, 1.82) is 0 Å². The molecule has 4 rings (SSSR count). The van der Waals surface area contributed by atoms with Gasteiger partial charge < -0.3 is 0 Å². The number of aromatic nitrogens is 5. The van der Waals surface area contributed by atoms with Crippen LogP contribution >= 0.6 is 11.3 Å². The molecule has 0 saturated heterocycles. The SMILES string of the molecule is C(=C\c1nn2c(-c3ccccn3)nnc2s1)/c1ccccc1. The largest absolute Gasteiger partial charge is 0.253 e. The molecule has 0 aliphatic heterocycles. The Morgan fingerprint density at radius 3 is 2.59 bits per heavy atom. The highest BCUT2D eigenvalue weighted by molar-refractivity contribution is 7.17. The number of nitrogens with zero attached hydrogens (tertiary/aromatic N) is 5. The average molecular weight is 305 g/mol. The summed E-state index contributed by atoms with van der Waals surface area (Å²) in [5.74, 6) is 0.659. The lowest BCUT2D eigenvalue weighted by Crippen LogP contribution is -1.92. The Bertz CT molecular complexity index is 925. The molecule has 106 valence electrons. The Kier molecular flexibility index (Phi) is 3.21. The molecular formula is C16H11N5S. The van der Waals surface area contributed by atoms with E-state index in [0.29, 0.717) is 5.82 Å². The molecule has 0 fully saturated rings. The van der Waals surface area contributed by atoms with Gasteiger partial charge in [0.15, 0.2) is 0 Å². The van der Waals surface area contributed by atoms with Gasteiger partial charge in [0.2, 0.25) is 10.8 Å². The van der Waals surface area contributed by atoms with Crippen LogP contribution in [-0.4, -0.2) is 24.8 Å². The maximum Gasteiger partial charge on any atom is 0.235 e. The summed E-state index contributed by atoms with van der Waals surface area (Å²) < 4.78 is 1.73. The first-order valence-corrected chi connectivity index (χ1v) is 7.58. The van der Waals surface area contributed by atoms with Crippen molar-refractivity contribution in [2.24, 2.45) is 0 Å². The molecule has 0 amide bonds. The molecule has 0 aliphatic carbocycles. The lowest BCUT2D eigenvalue weighted by molar-refractivity contribution is 0.951. The molecule has 0 saturated carbocycles. The van der Waals surface area contributed by atoms with E-state index in [1.54, 1.807) is 10.7 Å². The first-order valence-electron chi connectivity index (χ1n) is 6.77. The van der Waals surface area contributed by atoms with Crippen LogP contribution in [0.4, 0.5) is 0 Å². The van der Waals surface area contributed by atoms with Crippen molar-refractivity contribution in [3.8, 4) is 11.5 Å². The number of hydrogen-bond donors (Lipinski definition) is 0. The van der Waals surface area contributed by atoms with Crippen molar-refractivity contribution in [2.75, 3.05) is 0 Å². The lowest BCUT2D eigenvalue weighted by Gasteiger charge is -1.93. The fraction of sp³-hybridized carbons (Fsp3) is 0. The van der Waals surface area contributed by atoms with Gasteiger partial charge in [-0.2, -0.15) is 9.61 Å². The van der Waals surface area contributed by atoms with Gasteiger partial charge in [0.25, 0.3) is 0 Å². The second-order valence-corrected chi connectivity index (χ2v) is 5.60. The van der Waals surface area contributed by atoms with Crippen LogP contribution in [0.25, 0.3) is 28.6 Å². The standard InChI is InChI=1S/C16H11N5S/c1-2-6-12(7-3-1)9-10-14-20-21-15(18-19-16(21)22-14)13-8-4-5-11-17-13/h1-11H/b10-9+. The number of hydrogen-bond acceptors (Lipinski definition) is 5. The Labute approximate surface area is 130 Å². The van der Waals surface area contributed by atoms with Crippen molar-refractivity contribution in [3.05, 3.63) is 65.3 Å². The van der Waals surface area contributed by atoms with E-state index in [-0.39, 0.29) is 0 Å². The van der Waals surface area contributed by atoms with Gasteiger partial charge in [-0.3, -0.25) is 4.98 Å². The minimum atomic E-state index is 0.659. The highest BCUT2D eigenvalue weighted by Crippen LogP contribution is 2.21. The molecule has 0 aliphatic rings. The molecule has 4 aromatic rings. The van der Waals surface area contributed by atoms with Gasteiger partial charge in [0.1, 0.15) is 10.7 Å². The molecule has 0 spiro atoms. The summed E-state index contributed by atoms with van der Waals surface area (Å²) in [6, 6.07) is 15.8. The van der Waals surface area contributed by atoms with Crippen molar-refractivity contribution in [3.63, 3.8) is 0 Å². The second kappa shape index (κ2) is 5.50. The van der Waals surface area contributed by atoms with E-state index in [0.717, 1.165) is 21.2 Å². The Hall–Kier alpha value is -2.86. The van der Waals surface area contributed by atoms with Gasteiger partial charge in [0.05, 0.1) is 0 Å². The molecule has 0 radical (unpaired) electrons. The lowest BCUT2D eigenvalue weighted by atomic mass is 10.2. The minimum Gasteiger partial charge on any atom is -0.253 e. The molecule has 0 atom stereocenters. The molecule has 6 heteroatoms. The fourth-order valence-corrected chi connectivity index (χ4v) is 2.83. The Morgan fingerprint density at radius 2 is 1.77 bits per heavy atom. The molecule has 5 nitrogen and oxygen atoms in total. The normalized spacial score (nSPS) is 11.5. The summed E-state index contributed by atoms with van der Waals surface area (Å²) in [6.45, 7) is 0. The van der Waals surface area contributed by atoms with Crippen LogP contribution in [0.2, 0.25) is 0 Å². The molecule has 1 aromatic carbocycles. The van der Waals surface area contributed by atoms with E-state index in [1.165, 1.54) is 11.3 Å². The maximum absolute atomic E-state index is 4.55. The molecule has 0 unspecified atom stereocenters. The maximum atomic E-state index is 4.55. The van der Waals surface area contributed by atoms with Gasteiger partial charge >= 0.3 is 0 Å². The molecule has 0 N–H and O–H groups in total. The van der Waals surface area contributed by atoms with E-state index < -0.39 is 0 Å². The highest BCUT2D eigenvalue weighted by Gasteiger charge is 2.12. The summed E-state index contributed by atoms with van der Waals surface area (Å²) in [6.07, 6.45) is 5.75. The van der Waals surface area contributed by atoms with Crippen molar-refractivity contribution in [2.45, 2.75) is 0 Å². The zero-order valence-electron chi connectivity index (χ0n) is 11.5. The summed E-state index contributed by atoms with van der Waals surface area (Å²) in [4.78, 5) is 5.06. The quantitative estimate of drug-likeness (QED) is 0.582. The van der Waals surface area contributed by atoms with Crippen LogP contribution in [0.1, 0.15) is 10.6 Å². The van der Waals surface area contributed by atoms with Gasteiger partial charge in [0, 0.05) is 6.20 Å². The fourth-order valence-electron chi connectivity index (χ4n) is 2.09. The van der Waals surface area contributed by atoms with Crippen LogP contribution in [-0.2, 0) is 0 Å². The number of pyridine rings is 1. The van der Waals surface area contributed by atoms with E-state index in [9.17, 15) is 0 Å². The third kappa shape index (κ3) is 2.40. The van der Waals surface area contributed by atoms with Crippen LogP contribution in [0.3, 0.4) is 0 Å². The monoisotopic (exact) mass is 305 g/mol. The predicted octanol–water partition coefficient (Wildman–Crippen LogP) is 3.42. The topological polar surface area (TPSA) is 56.0 Å². The third-order valence-electron chi connectivity index (χ3n) is 3.12. The summed E-state index contributed by atoms with van der Waals surface area (Å²) in [5.41, 5.74) is 1.90. The minimum absolute atomic E-state index is 0.659. The highest BCUT2D eigenvalue weighted by atomic mass is 32.1. The van der Waals surface area contributed by atoms with Crippen molar-refractivity contribution >= 4 is 28.4 Å². The van der Waals surface area contributed by atoms with E-state index in [4.69, 9.17) is 0 Å². The Balaban J connectivity index is 1.70. The Morgan fingerprint density at radius 1 is 0.909 bits per heavy atom. The van der Waals surface area contributed by atoms with E-state index >= 15 is 0 Å². The number of benzene rings is 1. The smallest absolute Gasteiger partial charge is 0.235 e. The molecular weight excluding hydrogens is 294 g/mol. The van der Waals surface area contributed by atoms with Crippen LogP contribution in [0.5, 0.6) is 0 Å². The van der Waals surface area contributed by atoms with E-state index in [2.05, 4.69) is 32.4 Å². The number of rotatable bonds is 3. The summed E-state index contributed by atoms with van der Waals surface area (Å²) in [5, 5.41) is 13.8. The average Bonchev–Trinajstić information content (AvgIpc) is 3.15. The first kappa shape index (κ1) is 12.8. The van der Waals surface area contributed by atoms with Crippen LogP contribution in [0, 0.1) is 0 Å². The van der Waals surface area contributed by atoms with Gasteiger partial charge in [-0.1, -0.05) is 53.8 Å².